The Bertz CT molecular complexity index is 528. The van der Waals surface area contributed by atoms with Gasteiger partial charge in [-0.2, -0.15) is 17.4 Å². The standard InChI is InChI=1S/C12H21N3O3S2/c1-12(2,11-13-5-7-19-11)14-20(17,18)15-6-3-4-10(8-15)9-16/h5,7,10,14,16H,3-4,6,8-9H2,1-2H3. The van der Waals surface area contributed by atoms with Crippen molar-refractivity contribution in [2.75, 3.05) is 19.7 Å². The molecule has 6 nitrogen and oxygen atoms in total. The number of piperidine rings is 1. The molecule has 20 heavy (non-hydrogen) atoms. The molecule has 8 heteroatoms. The third-order valence-corrected chi connectivity index (χ3v) is 6.31. The lowest BCUT2D eigenvalue weighted by Crippen LogP contribution is -2.51. The summed E-state index contributed by atoms with van der Waals surface area (Å²) >= 11 is 1.43. The zero-order valence-electron chi connectivity index (χ0n) is 11.7. The van der Waals surface area contributed by atoms with E-state index in [4.69, 9.17) is 0 Å². The Kier molecular flexibility index (Phi) is 4.80. The fourth-order valence-electron chi connectivity index (χ4n) is 2.36. The highest BCUT2D eigenvalue weighted by Gasteiger charge is 2.35. The zero-order valence-corrected chi connectivity index (χ0v) is 13.4. The normalized spacial score (nSPS) is 22.1. The van der Waals surface area contributed by atoms with Gasteiger partial charge in [-0.15, -0.1) is 11.3 Å². The number of aliphatic hydroxyl groups is 1. The second-order valence-corrected chi connectivity index (χ2v) is 8.18. The number of thiazole rings is 1. The molecule has 2 heterocycles. The topological polar surface area (TPSA) is 82.5 Å². The maximum atomic E-state index is 12.5. The first-order valence-corrected chi connectivity index (χ1v) is 8.97. The van der Waals surface area contributed by atoms with Crippen molar-refractivity contribution in [3.8, 4) is 0 Å². The minimum atomic E-state index is -3.57. The average Bonchev–Trinajstić information content (AvgIpc) is 2.92. The van der Waals surface area contributed by atoms with Gasteiger partial charge in [0.1, 0.15) is 5.01 Å². The molecule has 0 saturated carbocycles. The van der Waals surface area contributed by atoms with Crippen LogP contribution in [0.5, 0.6) is 0 Å². The minimum absolute atomic E-state index is 0.0297. The molecule has 1 aliphatic heterocycles. The number of nitrogens with zero attached hydrogens (tertiary/aromatic N) is 2. The Balaban J connectivity index is 2.11. The first-order chi connectivity index (χ1) is 9.35. The molecule has 1 atom stereocenters. The number of aliphatic hydroxyl groups excluding tert-OH is 1. The van der Waals surface area contributed by atoms with Crippen molar-refractivity contribution in [2.24, 2.45) is 5.92 Å². The predicted molar refractivity (Wildman–Crippen MR) is 78.6 cm³/mol. The summed E-state index contributed by atoms with van der Waals surface area (Å²) in [6.45, 7) is 4.51. The van der Waals surface area contributed by atoms with Crippen molar-refractivity contribution in [3.05, 3.63) is 16.6 Å². The van der Waals surface area contributed by atoms with Crippen molar-refractivity contribution < 1.29 is 13.5 Å². The van der Waals surface area contributed by atoms with Crippen LogP contribution in [0.4, 0.5) is 0 Å². The monoisotopic (exact) mass is 319 g/mol. The van der Waals surface area contributed by atoms with Crippen LogP contribution >= 0.6 is 11.3 Å². The molecule has 0 aromatic carbocycles. The van der Waals surface area contributed by atoms with Gasteiger partial charge in [0.25, 0.3) is 10.2 Å². The van der Waals surface area contributed by atoms with E-state index in [0.717, 1.165) is 17.8 Å². The smallest absolute Gasteiger partial charge is 0.280 e. The summed E-state index contributed by atoms with van der Waals surface area (Å²) in [5.74, 6) is 0.0308. The minimum Gasteiger partial charge on any atom is -0.396 e. The van der Waals surface area contributed by atoms with Crippen molar-refractivity contribution >= 4 is 21.5 Å². The van der Waals surface area contributed by atoms with Gasteiger partial charge >= 0.3 is 0 Å². The van der Waals surface area contributed by atoms with Crippen LogP contribution in [0.3, 0.4) is 0 Å². The largest absolute Gasteiger partial charge is 0.396 e. The third kappa shape index (κ3) is 3.56. The second kappa shape index (κ2) is 6.07. The van der Waals surface area contributed by atoms with Gasteiger partial charge in [0.15, 0.2) is 0 Å². The molecule has 0 bridgehead atoms. The first kappa shape index (κ1) is 15.8. The summed E-state index contributed by atoms with van der Waals surface area (Å²) in [5, 5.41) is 11.8. The van der Waals surface area contributed by atoms with Gasteiger partial charge in [0.05, 0.1) is 5.54 Å². The van der Waals surface area contributed by atoms with Gasteiger partial charge in [0, 0.05) is 31.3 Å². The van der Waals surface area contributed by atoms with Crippen molar-refractivity contribution in [1.82, 2.24) is 14.0 Å². The van der Waals surface area contributed by atoms with E-state index in [1.54, 1.807) is 20.0 Å². The maximum absolute atomic E-state index is 12.5. The number of rotatable bonds is 5. The number of aromatic nitrogens is 1. The van der Waals surface area contributed by atoms with Crippen LogP contribution in [0, 0.1) is 5.92 Å². The Morgan fingerprint density at radius 2 is 2.35 bits per heavy atom. The van der Waals surface area contributed by atoms with Gasteiger partial charge in [-0.25, -0.2) is 4.98 Å². The lowest BCUT2D eigenvalue weighted by molar-refractivity contribution is 0.164. The maximum Gasteiger partial charge on any atom is 0.280 e. The zero-order chi connectivity index (χ0) is 14.8. The lowest BCUT2D eigenvalue weighted by atomic mass is 10.0. The van der Waals surface area contributed by atoms with Crippen molar-refractivity contribution in [2.45, 2.75) is 32.2 Å². The van der Waals surface area contributed by atoms with Crippen LogP contribution in [-0.4, -0.2) is 42.5 Å². The van der Waals surface area contributed by atoms with E-state index < -0.39 is 15.7 Å². The molecule has 2 rings (SSSR count). The van der Waals surface area contributed by atoms with E-state index in [-0.39, 0.29) is 12.5 Å². The van der Waals surface area contributed by atoms with Crippen LogP contribution < -0.4 is 4.72 Å². The van der Waals surface area contributed by atoms with E-state index in [1.165, 1.54) is 15.6 Å². The number of hydrogen-bond acceptors (Lipinski definition) is 5. The Morgan fingerprint density at radius 3 is 2.95 bits per heavy atom. The SMILES string of the molecule is CC(C)(NS(=O)(=O)N1CCCC(CO)C1)c1nccs1. The Labute approximate surface area is 124 Å². The summed E-state index contributed by atoms with van der Waals surface area (Å²) in [6, 6.07) is 0. The summed E-state index contributed by atoms with van der Waals surface area (Å²) < 4.78 is 29.1. The fraction of sp³-hybridized carbons (Fsp3) is 0.750. The molecule has 1 aromatic rings. The van der Waals surface area contributed by atoms with Gasteiger partial charge in [0.2, 0.25) is 0 Å². The molecule has 1 aliphatic rings. The predicted octanol–water partition coefficient (Wildman–Crippen LogP) is 0.917. The van der Waals surface area contributed by atoms with Crippen LogP contribution in [0.2, 0.25) is 0 Å². The van der Waals surface area contributed by atoms with Gasteiger partial charge in [-0.1, -0.05) is 0 Å². The molecule has 114 valence electrons. The van der Waals surface area contributed by atoms with E-state index in [1.807, 2.05) is 5.38 Å². The molecule has 0 aliphatic carbocycles. The molecule has 0 radical (unpaired) electrons. The third-order valence-electron chi connectivity index (χ3n) is 3.43. The van der Waals surface area contributed by atoms with E-state index in [0.29, 0.717) is 13.1 Å². The lowest BCUT2D eigenvalue weighted by Gasteiger charge is -2.34. The van der Waals surface area contributed by atoms with E-state index >= 15 is 0 Å². The van der Waals surface area contributed by atoms with Crippen LogP contribution in [-0.2, 0) is 15.7 Å². The molecule has 1 saturated heterocycles. The van der Waals surface area contributed by atoms with Crippen molar-refractivity contribution in [3.63, 3.8) is 0 Å². The van der Waals surface area contributed by atoms with Gasteiger partial charge in [-0.3, -0.25) is 0 Å². The molecular formula is C12H21N3O3S2. The number of hydrogen-bond donors (Lipinski definition) is 2. The van der Waals surface area contributed by atoms with Gasteiger partial charge in [-0.05, 0) is 32.6 Å². The quantitative estimate of drug-likeness (QED) is 0.845. The fourth-order valence-corrected chi connectivity index (χ4v) is 4.79. The summed E-state index contributed by atoms with van der Waals surface area (Å²) in [6.07, 6.45) is 3.32. The second-order valence-electron chi connectivity index (χ2n) is 5.62. The summed E-state index contributed by atoms with van der Waals surface area (Å²) in [4.78, 5) is 4.18. The highest BCUT2D eigenvalue weighted by Crippen LogP contribution is 2.25. The summed E-state index contributed by atoms with van der Waals surface area (Å²) in [5.41, 5.74) is -0.737. The highest BCUT2D eigenvalue weighted by atomic mass is 32.2. The Hall–Kier alpha value is -0.540. The summed E-state index contributed by atoms with van der Waals surface area (Å²) in [7, 11) is -3.57. The number of nitrogens with one attached hydrogen (secondary N) is 1. The molecule has 2 N–H and O–H groups in total. The van der Waals surface area contributed by atoms with Crippen LogP contribution in [0.25, 0.3) is 0 Å². The molecule has 1 aromatic heterocycles. The van der Waals surface area contributed by atoms with Gasteiger partial charge < -0.3 is 5.11 Å². The van der Waals surface area contributed by atoms with Crippen molar-refractivity contribution in [1.29, 1.82) is 0 Å². The van der Waals surface area contributed by atoms with E-state index in [9.17, 15) is 13.5 Å². The molecule has 1 unspecified atom stereocenters. The van der Waals surface area contributed by atoms with Crippen LogP contribution in [0.15, 0.2) is 11.6 Å². The van der Waals surface area contributed by atoms with E-state index in [2.05, 4.69) is 9.71 Å². The molecule has 0 spiro atoms. The van der Waals surface area contributed by atoms with Crippen LogP contribution in [0.1, 0.15) is 31.7 Å². The average molecular weight is 319 g/mol. The Morgan fingerprint density at radius 1 is 1.60 bits per heavy atom. The molecule has 0 amide bonds. The first-order valence-electron chi connectivity index (χ1n) is 6.65. The molecule has 1 fully saturated rings. The molecular weight excluding hydrogens is 298 g/mol. The highest BCUT2D eigenvalue weighted by molar-refractivity contribution is 7.87.